The van der Waals surface area contributed by atoms with Gasteiger partial charge < -0.3 is 5.32 Å². The highest BCUT2D eigenvalue weighted by Gasteiger charge is 2.20. The van der Waals surface area contributed by atoms with Gasteiger partial charge in [0.05, 0.1) is 5.69 Å². The Balaban J connectivity index is 1.96. The van der Waals surface area contributed by atoms with Gasteiger partial charge in [-0.2, -0.15) is 0 Å². The van der Waals surface area contributed by atoms with E-state index in [1.54, 1.807) is 6.92 Å². The minimum Gasteiger partial charge on any atom is -0.383 e. The van der Waals surface area contributed by atoms with E-state index in [0.29, 0.717) is 5.56 Å². The summed E-state index contributed by atoms with van der Waals surface area (Å²) in [5.41, 5.74) is 0.624. The third-order valence-electron chi connectivity index (χ3n) is 2.81. The van der Waals surface area contributed by atoms with Crippen LogP contribution in [-0.4, -0.2) is 6.54 Å². The van der Waals surface area contributed by atoms with Gasteiger partial charge >= 0.3 is 0 Å². The van der Waals surface area contributed by atoms with Crippen molar-refractivity contribution >= 4 is 5.69 Å². The number of aryl methyl sites for hydroxylation is 1. The van der Waals surface area contributed by atoms with Crippen molar-refractivity contribution in [1.29, 1.82) is 0 Å². The molecule has 0 saturated heterocycles. The lowest BCUT2D eigenvalue weighted by Crippen LogP contribution is -2.05. The molecular weight excluding hydrogens is 196 g/mol. The second-order valence-electron chi connectivity index (χ2n) is 4.24. The smallest absolute Gasteiger partial charge is 0.146 e. The van der Waals surface area contributed by atoms with E-state index >= 15 is 0 Å². The van der Waals surface area contributed by atoms with Crippen molar-refractivity contribution in [3.05, 3.63) is 29.3 Å². The van der Waals surface area contributed by atoms with Crippen LogP contribution in [0.4, 0.5) is 14.5 Å². The number of hydrogen-bond acceptors (Lipinski definition) is 1. The molecule has 15 heavy (non-hydrogen) atoms. The molecular formula is C12H15F2N. The maximum atomic E-state index is 13.3. The van der Waals surface area contributed by atoms with Gasteiger partial charge in [0, 0.05) is 12.6 Å². The number of hydrogen-bond donors (Lipinski definition) is 1. The van der Waals surface area contributed by atoms with Crippen molar-refractivity contribution in [3.8, 4) is 0 Å². The summed E-state index contributed by atoms with van der Waals surface area (Å²) in [5.74, 6) is 0.0749. The van der Waals surface area contributed by atoms with Crippen LogP contribution in [0.3, 0.4) is 0 Å². The Labute approximate surface area is 88.5 Å². The average Bonchev–Trinajstić information content (AvgIpc) is 2.97. The Morgan fingerprint density at radius 1 is 1.27 bits per heavy atom. The lowest BCUT2D eigenvalue weighted by atomic mass is 10.2. The Morgan fingerprint density at radius 2 is 2.00 bits per heavy atom. The minimum absolute atomic E-state index is 0.277. The minimum atomic E-state index is -0.371. The van der Waals surface area contributed by atoms with Crippen molar-refractivity contribution in [2.75, 3.05) is 11.9 Å². The molecule has 1 nitrogen and oxygen atoms in total. The summed E-state index contributed by atoms with van der Waals surface area (Å²) in [4.78, 5) is 0. The van der Waals surface area contributed by atoms with Gasteiger partial charge in [0.25, 0.3) is 0 Å². The van der Waals surface area contributed by atoms with Crippen LogP contribution in [0.5, 0.6) is 0 Å². The molecule has 0 aliphatic heterocycles. The van der Waals surface area contributed by atoms with Crippen LogP contribution in [0.1, 0.15) is 24.8 Å². The third kappa shape index (κ3) is 2.67. The first-order chi connectivity index (χ1) is 7.16. The van der Waals surface area contributed by atoms with E-state index in [1.165, 1.54) is 25.0 Å². The molecule has 0 bridgehead atoms. The number of nitrogens with one attached hydrogen (secondary N) is 1. The fraction of sp³-hybridized carbons (Fsp3) is 0.500. The molecule has 1 N–H and O–H groups in total. The van der Waals surface area contributed by atoms with Gasteiger partial charge in [-0.05, 0) is 30.9 Å². The van der Waals surface area contributed by atoms with Gasteiger partial charge in [-0.15, -0.1) is 0 Å². The maximum absolute atomic E-state index is 13.3. The SMILES string of the molecule is Cc1cc(F)c(NCCC2CC2)cc1F. The molecule has 0 unspecified atom stereocenters. The number of benzene rings is 1. The van der Waals surface area contributed by atoms with Gasteiger partial charge in [0.2, 0.25) is 0 Å². The summed E-state index contributed by atoms with van der Waals surface area (Å²) >= 11 is 0. The van der Waals surface area contributed by atoms with Gasteiger partial charge in [-0.3, -0.25) is 0 Å². The van der Waals surface area contributed by atoms with Crippen LogP contribution in [0.15, 0.2) is 12.1 Å². The largest absolute Gasteiger partial charge is 0.383 e. The van der Waals surface area contributed by atoms with Crippen molar-refractivity contribution < 1.29 is 8.78 Å². The van der Waals surface area contributed by atoms with Crippen molar-refractivity contribution in [3.63, 3.8) is 0 Å². The quantitative estimate of drug-likeness (QED) is 0.803. The summed E-state index contributed by atoms with van der Waals surface area (Å²) in [6.45, 7) is 2.29. The monoisotopic (exact) mass is 211 g/mol. The zero-order valence-electron chi connectivity index (χ0n) is 8.82. The van der Waals surface area contributed by atoms with E-state index in [1.807, 2.05) is 0 Å². The highest BCUT2D eigenvalue weighted by Crippen LogP contribution is 2.32. The van der Waals surface area contributed by atoms with Crippen LogP contribution < -0.4 is 5.32 Å². The first-order valence-electron chi connectivity index (χ1n) is 5.36. The van der Waals surface area contributed by atoms with Crippen molar-refractivity contribution in [2.45, 2.75) is 26.2 Å². The van der Waals surface area contributed by atoms with Crippen LogP contribution in [0.25, 0.3) is 0 Å². The van der Waals surface area contributed by atoms with Gasteiger partial charge in [0.15, 0.2) is 0 Å². The first-order valence-corrected chi connectivity index (χ1v) is 5.36. The van der Waals surface area contributed by atoms with Crippen molar-refractivity contribution in [2.24, 2.45) is 5.92 Å². The standard InChI is InChI=1S/C12H15F2N/c1-8-6-11(14)12(7-10(8)13)15-5-4-9-2-3-9/h6-7,9,15H,2-5H2,1H3. The molecule has 0 aromatic heterocycles. The van der Waals surface area contributed by atoms with E-state index < -0.39 is 0 Å². The van der Waals surface area contributed by atoms with Crippen LogP contribution in [0.2, 0.25) is 0 Å². The van der Waals surface area contributed by atoms with Crippen molar-refractivity contribution in [1.82, 2.24) is 0 Å². The molecule has 1 fully saturated rings. The first kappa shape index (κ1) is 10.4. The van der Waals surface area contributed by atoms with Gasteiger partial charge in [0.1, 0.15) is 11.6 Å². The molecule has 2 rings (SSSR count). The molecule has 0 heterocycles. The van der Waals surface area contributed by atoms with E-state index in [2.05, 4.69) is 5.32 Å². The van der Waals surface area contributed by atoms with E-state index in [-0.39, 0.29) is 17.3 Å². The molecule has 1 aromatic rings. The Bertz CT molecular complexity index is 359. The number of anilines is 1. The molecule has 1 aliphatic carbocycles. The third-order valence-corrected chi connectivity index (χ3v) is 2.81. The zero-order valence-corrected chi connectivity index (χ0v) is 8.82. The molecule has 0 amide bonds. The lowest BCUT2D eigenvalue weighted by molar-refractivity contribution is 0.593. The normalized spacial score (nSPS) is 15.4. The van der Waals surface area contributed by atoms with E-state index in [4.69, 9.17) is 0 Å². The Kier molecular flexibility index (Phi) is 2.89. The van der Waals surface area contributed by atoms with Gasteiger partial charge in [-0.1, -0.05) is 12.8 Å². The molecule has 1 aliphatic rings. The molecule has 0 radical (unpaired) electrons. The van der Waals surface area contributed by atoms with Gasteiger partial charge in [-0.25, -0.2) is 8.78 Å². The highest BCUT2D eigenvalue weighted by atomic mass is 19.1. The zero-order chi connectivity index (χ0) is 10.8. The summed E-state index contributed by atoms with van der Waals surface area (Å²) in [6, 6.07) is 2.46. The van der Waals surface area contributed by atoms with Crippen LogP contribution >= 0.6 is 0 Å². The maximum Gasteiger partial charge on any atom is 0.146 e. The molecule has 0 spiro atoms. The topological polar surface area (TPSA) is 12.0 Å². The molecule has 0 atom stereocenters. The number of rotatable bonds is 4. The molecule has 82 valence electrons. The second-order valence-corrected chi connectivity index (χ2v) is 4.24. The molecule has 3 heteroatoms. The second kappa shape index (κ2) is 4.17. The Morgan fingerprint density at radius 3 is 2.67 bits per heavy atom. The molecule has 1 saturated carbocycles. The predicted molar refractivity (Wildman–Crippen MR) is 56.9 cm³/mol. The fourth-order valence-corrected chi connectivity index (χ4v) is 1.60. The van der Waals surface area contributed by atoms with E-state index in [9.17, 15) is 8.78 Å². The predicted octanol–water partition coefficient (Wildman–Crippen LogP) is 3.49. The summed E-state index contributed by atoms with van der Waals surface area (Å²) < 4.78 is 26.5. The van der Waals surface area contributed by atoms with Crippen LogP contribution in [0, 0.1) is 24.5 Å². The highest BCUT2D eigenvalue weighted by molar-refractivity contribution is 5.46. The summed E-state index contributed by atoms with van der Waals surface area (Å²) in [7, 11) is 0. The Hall–Kier alpha value is -1.12. The van der Waals surface area contributed by atoms with E-state index in [0.717, 1.165) is 18.9 Å². The summed E-state index contributed by atoms with van der Waals surface area (Å²) in [5, 5.41) is 2.94. The number of halogens is 2. The fourth-order valence-electron chi connectivity index (χ4n) is 1.60. The summed E-state index contributed by atoms with van der Waals surface area (Å²) in [6.07, 6.45) is 3.62. The molecule has 1 aromatic carbocycles. The lowest BCUT2D eigenvalue weighted by Gasteiger charge is -2.08. The van der Waals surface area contributed by atoms with Crippen LogP contribution in [-0.2, 0) is 0 Å². The average molecular weight is 211 g/mol.